The molecule has 1 aromatic carbocycles. The Morgan fingerprint density at radius 3 is 2.92 bits per heavy atom. The fourth-order valence-electron chi connectivity index (χ4n) is 4.99. The van der Waals surface area contributed by atoms with Gasteiger partial charge < -0.3 is 15.0 Å². The highest BCUT2D eigenvalue weighted by Crippen LogP contribution is 2.62. The number of rotatable bonds is 2. The van der Waals surface area contributed by atoms with Crippen LogP contribution in [-0.2, 0) is 4.74 Å². The highest BCUT2D eigenvalue weighted by atomic mass is 32.1. The van der Waals surface area contributed by atoms with E-state index in [1.54, 1.807) is 18.2 Å². The van der Waals surface area contributed by atoms with Gasteiger partial charge in [0.05, 0.1) is 17.0 Å². The first-order valence-corrected chi connectivity index (χ1v) is 9.18. The molecular formula is C18H19N3O3S. The average Bonchev–Trinajstić information content (AvgIpc) is 2.95. The van der Waals surface area contributed by atoms with Crippen molar-refractivity contribution in [2.75, 3.05) is 6.61 Å². The first-order valence-electron chi connectivity index (χ1n) is 8.77. The number of hydrogen-bond donors (Lipinski definition) is 3. The Bertz CT molecular complexity index is 991. The lowest BCUT2D eigenvalue weighted by Gasteiger charge is -2.63. The summed E-state index contributed by atoms with van der Waals surface area (Å²) >= 11 is 5.01. The quantitative estimate of drug-likeness (QED) is 0.720. The van der Waals surface area contributed by atoms with Crippen LogP contribution in [0.5, 0.6) is 0 Å². The zero-order valence-electron chi connectivity index (χ0n) is 13.6. The molecule has 130 valence electrons. The molecule has 0 radical (unpaired) electrons. The second kappa shape index (κ2) is 5.25. The molecule has 1 aromatic heterocycles. The number of aromatic amines is 2. The molecule has 6 nitrogen and oxygen atoms in total. The molecule has 2 heterocycles. The zero-order chi connectivity index (χ0) is 17.2. The number of H-pyrrole nitrogens is 2. The smallest absolute Gasteiger partial charge is 0.259 e. The maximum Gasteiger partial charge on any atom is 0.259 e. The van der Waals surface area contributed by atoms with Crippen molar-refractivity contribution < 1.29 is 9.53 Å². The molecule has 1 spiro atoms. The van der Waals surface area contributed by atoms with Gasteiger partial charge >= 0.3 is 0 Å². The number of nitrogens with one attached hydrogen (secondary N) is 3. The van der Waals surface area contributed by atoms with Crippen molar-refractivity contribution in [3.63, 3.8) is 0 Å². The maximum absolute atomic E-state index is 12.8. The van der Waals surface area contributed by atoms with Crippen LogP contribution < -0.4 is 10.9 Å². The van der Waals surface area contributed by atoms with Gasteiger partial charge in [-0.05, 0) is 49.7 Å². The molecule has 2 saturated carbocycles. The Morgan fingerprint density at radius 2 is 2.16 bits per heavy atom. The molecule has 1 aliphatic heterocycles. The van der Waals surface area contributed by atoms with E-state index in [2.05, 4.69) is 15.3 Å². The number of carbonyl (C=O) groups is 1. The van der Waals surface area contributed by atoms with E-state index in [0.29, 0.717) is 28.5 Å². The third-order valence-corrected chi connectivity index (χ3v) is 6.53. The summed E-state index contributed by atoms with van der Waals surface area (Å²) in [5.74, 6) is 0.349. The monoisotopic (exact) mass is 357 g/mol. The van der Waals surface area contributed by atoms with Crippen LogP contribution in [0.2, 0.25) is 0 Å². The first kappa shape index (κ1) is 15.3. The highest BCUT2D eigenvalue weighted by molar-refractivity contribution is 7.71. The summed E-state index contributed by atoms with van der Waals surface area (Å²) < 4.78 is 6.16. The van der Waals surface area contributed by atoms with Gasteiger partial charge in [-0.15, -0.1) is 0 Å². The molecular weight excluding hydrogens is 338 g/mol. The molecule has 3 N–H and O–H groups in total. The second-order valence-corrected chi connectivity index (χ2v) is 7.86. The summed E-state index contributed by atoms with van der Waals surface area (Å²) in [5, 5.41) is 3.74. The number of carbonyl (C=O) groups excluding carboxylic acids is 1. The third-order valence-electron chi connectivity index (χ3n) is 6.32. The molecule has 2 aliphatic carbocycles. The van der Waals surface area contributed by atoms with Gasteiger partial charge in [-0.2, -0.15) is 0 Å². The van der Waals surface area contributed by atoms with E-state index in [1.165, 1.54) is 6.42 Å². The van der Waals surface area contributed by atoms with Gasteiger partial charge in [0.15, 0.2) is 4.77 Å². The number of hydrogen-bond acceptors (Lipinski definition) is 4. The minimum Gasteiger partial charge on any atom is -0.377 e. The molecule has 2 aromatic rings. The molecule has 7 heteroatoms. The summed E-state index contributed by atoms with van der Waals surface area (Å²) in [5.41, 5.74) is 1.03. The van der Waals surface area contributed by atoms with Gasteiger partial charge in [0.1, 0.15) is 0 Å². The van der Waals surface area contributed by atoms with Crippen LogP contribution in [-0.4, -0.2) is 34.6 Å². The number of benzene rings is 1. The summed E-state index contributed by atoms with van der Waals surface area (Å²) in [4.78, 5) is 30.2. The molecule has 0 bridgehead atoms. The van der Waals surface area contributed by atoms with Crippen LogP contribution in [0.25, 0.3) is 10.9 Å². The largest absolute Gasteiger partial charge is 0.377 e. The molecule has 3 aliphatic rings. The number of aromatic nitrogens is 2. The molecule has 25 heavy (non-hydrogen) atoms. The van der Waals surface area contributed by atoms with E-state index in [1.807, 2.05) is 0 Å². The van der Waals surface area contributed by atoms with E-state index < -0.39 is 0 Å². The molecule has 3 atom stereocenters. The van der Waals surface area contributed by atoms with Crippen LogP contribution in [0.4, 0.5) is 0 Å². The van der Waals surface area contributed by atoms with Crippen LogP contribution in [0.3, 0.4) is 0 Å². The Labute approximate surface area is 149 Å². The van der Waals surface area contributed by atoms with Gasteiger partial charge in [-0.3, -0.25) is 14.6 Å². The summed E-state index contributed by atoms with van der Waals surface area (Å²) in [6.07, 6.45) is 4.85. The Balaban J connectivity index is 1.44. The lowest BCUT2D eigenvalue weighted by molar-refractivity contribution is -0.172. The van der Waals surface area contributed by atoms with Gasteiger partial charge in [0.25, 0.3) is 11.5 Å². The van der Waals surface area contributed by atoms with Crippen molar-refractivity contribution in [1.82, 2.24) is 15.3 Å². The van der Waals surface area contributed by atoms with E-state index in [4.69, 9.17) is 17.0 Å². The van der Waals surface area contributed by atoms with Crippen molar-refractivity contribution in [2.45, 2.75) is 37.8 Å². The van der Waals surface area contributed by atoms with Crippen molar-refractivity contribution in [3.8, 4) is 0 Å². The average molecular weight is 357 g/mol. The normalized spacial score (nSPS) is 29.0. The standard InChI is InChI=1S/C18H19N3O3S/c22-15(9-2-3-10-12(8-9)19-17(25)21-16(10)23)20-13-11-4-7-24-14(11)18(13)5-1-6-18/h2-3,8,11,13-14H,1,4-7H2,(H,20,22)(H2,19,21,23,25)/t11-,13+,14+/m0/s1. The number of ether oxygens (including phenoxy) is 1. The lowest BCUT2D eigenvalue weighted by atomic mass is 9.46. The lowest BCUT2D eigenvalue weighted by Crippen LogP contribution is -2.71. The highest BCUT2D eigenvalue weighted by Gasteiger charge is 2.66. The first-order chi connectivity index (χ1) is 12.1. The predicted molar refractivity (Wildman–Crippen MR) is 95.1 cm³/mol. The molecule has 1 saturated heterocycles. The maximum atomic E-state index is 12.8. The molecule has 3 fully saturated rings. The number of fused-ring (bicyclic) bond motifs is 3. The van der Waals surface area contributed by atoms with Gasteiger partial charge in [0.2, 0.25) is 0 Å². The van der Waals surface area contributed by atoms with Gasteiger partial charge in [-0.25, -0.2) is 0 Å². The minimum atomic E-state index is -0.246. The van der Waals surface area contributed by atoms with E-state index >= 15 is 0 Å². The zero-order valence-corrected chi connectivity index (χ0v) is 14.4. The predicted octanol–water partition coefficient (Wildman–Crippen LogP) is 2.27. The molecule has 0 unspecified atom stereocenters. The van der Waals surface area contributed by atoms with Gasteiger partial charge in [0, 0.05) is 29.5 Å². The van der Waals surface area contributed by atoms with Crippen LogP contribution in [0.1, 0.15) is 36.0 Å². The molecule has 1 amide bonds. The van der Waals surface area contributed by atoms with E-state index in [0.717, 1.165) is 25.9 Å². The number of amides is 1. The minimum absolute atomic E-state index is 0.0943. The summed E-state index contributed by atoms with van der Waals surface area (Å²) in [6.45, 7) is 0.804. The van der Waals surface area contributed by atoms with E-state index in [-0.39, 0.29) is 27.7 Å². The van der Waals surface area contributed by atoms with Crippen LogP contribution >= 0.6 is 12.2 Å². The summed E-state index contributed by atoms with van der Waals surface area (Å²) in [6, 6.07) is 5.26. The fourth-order valence-corrected chi connectivity index (χ4v) is 5.19. The Hall–Kier alpha value is -1.99. The van der Waals surface area contributed by atoms with Crippen molar-refractivity contribution in [3.05, 3.63) is 38.9 Å². The second-order valence-electron chi connectivity index (χ2n) is 7.45. The van der Waals surface area contributed by atoms with Crippen molar-refractivity contribution in [2.24, 2.45) is 11.3 Å². The Kier molecular flexibility index (Phi) is 3.21. The fraction of sp³-hybridized carbons (Fsp3) is 0.500. The van der Waals surface area contributed by atoms with Crippen molar-refractivity contribution >= 4 is 29.0 Å². The third kappa shape index (κ3) is 2.09. The molecule has 5 rings (SSSR count). The van der Waals surface area contributed by atoms with Crippen molar-refractivity contribution in [1.29, 1.82) is 0 Å². The van der Waals surface area contributed by atoms with Crippen LogP contribution in [0, 0.1) is 16.1 Å². The topological polar surface area (TPSA) is 87.0 Å². The van der Waals surface area contributed by atoms with Gasteiger partial charge in [-0.1, -0.05) is 6.42 Å². The van der Waals surface area contributed by atoms with E-state index in [9.17, 15) is 9.59 Å². The summed E-state index contributed by atoms with van der Waals surface area (Å²) in [7, 11) is 0. The SMILES string of the molecule is O=C(N[C@@H]1[C@@H]2CCO[C@H]2C12CCC2)c1ccc2c(=O)[nH]c(=S)[nH]c2c1. The Morgan fingerprint density at radius 1 is 1.32 bits per heavy atom. The van der Waals surface area contributed by atoms with Crippen LogP contribution in [0.15, 0.2) is 23.0 Å².